The number of benzene rings is 1. The van der Waals surface area contributed by atoms with Crippen LogP contribution in [-0.2, 0) is 10.9 Å². The van der Waals surface area contributed by atoms with E-state index in [4.69, 9.17) is 10.5 Å². The summed E-state index contributed by atoms with van der Waals surface area (Å²) < 4.78 is 46.1. The largest absolute Gasteiger partial charge is 0.458 e. The van der Waals surface area contributed by atoms with E-state index < -0.39 is 23.9 Å². The van der Waals surface area contributed by atoms with E-state index in [0.717, 1.165) is 18.9 Å². The van der Waals surface area contributed by atoms with Gasteiger partial charge in [0.2, 0.25) is 5.88 Å². The summed E-state index contributed by atoms with van der Waals surface area (Å²) >= 11 is 0. The molecule has 0 bridgehead atoms. The SMILES string of the molecule is CCCC1NNC2OC(N)=C(C#N)C(c3ccccc3C(F)(F)F)C12. The van der Waals surface area contributed by atoms with E-state index in [1.165, 1.54) is 12.1 Å². The summed E-state index contributed by atoms with van der Waals surface area (Å²) in [5, 5.41) is 9.53. The van der Waals surface area contributed by atoms with Crippen LogP contribution in [0, 0.1) is 17.2 Å². The lowest BCUT2D eigenvalue weighted by Gasteiger charge is -2.36. The van der Waals surface area contributed by atoms with Crippen LogP contribution in [0.2, 0.25) is 0 Å². The number of nitrogens with zero attached hydrogens (tertiary/aromatic N) is 1. The molecule has 0 radical (unpaired) electrons. The zero-order valence-corrected chi connectivity index (χ0v) is 13.6. The molecule has 1 fully saturated rings. The maximum absolute atomic E-state index is 13.5. The van der Waals surface area contributed by atoms with Crippen LogP contribution >= 0.6 is 0 Å². The molecule has 3 rings (SSSR count). The zero-order valence-electron chi connectivity index (χ0n) is 13.6. The Morgan fingerprint density at radius 1 is 1.28 bits per heavy atom. The standard InChI is InChI=1S/C17H19F3N4O/c1-2-5-12-14-13(9-6-3-4-7-11(9)17(18,19)20)10(8-21)15(22)25-16(14)24-23-12/h3-4,6-7,12-14,16,23-24H,2,5,22H2,1H3. The van der Waals surface area contributed by atoms with Crippen molar-refractivity contribution >= 4 is 0 Å². The number of fused-ring (bicyclic) bond motifs is 1. The van der Waals surface area contributed by atoms with Gasteiger partial charge in [-0.3, -0.25) is 5.43 Å². The van der Waals surface area contributed by atoms with Gasteiger partial charge in [-0.2, -0.15) is 18.4 Å². The maximum Gasteiger partial charge on any atom is 0.416 e. The van der Waals surface area contributed by atoms with Crippen LogP contribution in [0.25, 0.3) is 0 Å². The fraction of sp³-hybridized carbons (Fsp3) is 0.471. The van der Waals surface area contributed by atoms with E-state index in [9.17, 15) is 18.4 Å². The minimum Gasteiger partial charge on any atom is -0.458 e. The van der Waals surface area contributed by atoms with Gasteiger partial charge in [-0.1, -0.05) is 31.5 Å². The molecule has 0 aliphatic carbocycles. The number of hydrogen-bond donors (Lipinski definition) is 3. The van der Waals surface area contributed by atoms with E-state index >= 15 is 0 Å². The van der Waals surface area contributed by atoms with Gasteiger partial charge in [0.15, 0.2) is 6.23 Å². The molecule has 134 valence electrons. The van der Waals surface area contributed by atoms with Gasteiger partial charge in [-0.05, 0) is 18.1 Å². The third kappa shape index (κ3) is 3.05. The maximum atomic E-state index is 13.5. The molecule has 5 nitrogen and oxygen atoms in total. The highest BCUT2D eigenvalue weighted by molar-refractivity contribution is 5.45. The van der Waals surface area contributed by atoms with Crippen molar-refractivity contribution in [1.29, 1.82) is 5.26 Å². The van der Waals surface area contributed by atoms with Crippen molar-refractivity contribution in [3.05, 3.63) is 46.8 Å². The second-order valence-corrected chi connectivity index (χ2v) is 6.25. The number of alkyl halides is 3. The molecule has 0 amide bonds. The van der Waals surface area contributed by atoms with E-state index in [2.05, 4.69) is 10.9 Å². The predicted molar refractivity (Wildman–Crippen MR) is 84.3 cm³/mol. The average Bonchev–Trinajstić information content (AvgIpc) is 2.95. The smallest absolute Gasteiger partial charge is 0.416 e. The Morgan fingerprint density at radius 3 is 2.64 bits per heavy atom. The van der Waals surface area contributed by atoms with E-state index in [-0.39, 0.29) is 29.0 Å². The molecule has 1 aromatic rings. The molecule has 2 aliphatic rings. The average molecular weight is 352 g/mol. The van der Waals surface area contributed by atoms with Crippen LogP contribution in [-0.4, -0.2) is 12.3 Å². The molecule has 0 aromatic heterocycles. The second kappa shape index (κ2) is 6.58. The van der Waals surface area contributed by atoms with Crippen LogP contribution in [0.1, 0.15) is 36.8 Å². The number of nitrogens with two attached hydrogens (primary N) is 1. The summed E-state index contributed by atoms with van der Waals surface area (Å²) in [5.74, 6) is -1.29. The predicted octanol–water partition coefficient (Wildman–Crippen LogP) is 2.73. The van der Waals surface area contributed by atoms with Gasteiger partial charge in [0, 0.05) is 17.9 Å². The zero-order chi connectivity index (χ0) is 18.2. The summed E-state index contributed by atoms with van der Waals surface area (Å²) in [5.41, 5.74) is 11.2. The Morgan fingerprint density at radius 2 is 2.00 bits per heavy atom. The van der Waals surface area contributed by atoms with Crippen molar-refractivity contribution in [3.8, 4) is 6.07 Å². The van der Waals surface area contributed by atoms with Gasteiger partial charge >= 0.3 is 6.18 Å². The van der Waals surface area contributed by atoms with Gasteiger partial charge in [-0.15, -0.1) is 0 Å². The highest BCUT2D eigenvalue weighted by atomic mass is 19.4. The second-order valence-electron chi connectivity index (χ2n) is 6.25. The minimum absolute atomic E-state index is 0.0459. The molecule has 2 aliphatic heterocycles. The van der Waals surface area contributed by atoms with Crippen LogP contribution in [0.3, 0.4) is 0 Å². The van der Waals surface area contributed by atoms with Gasteiger partial charge in [0.05, 0.1) is 11.1 Å². The number of allylic oxidation sites excluding steroid dienone is 1. The lowest BCUT2D eigenvalue weighted by Crippen LogP contribution is -2.42. The first kappa shape index (κ1) is 17.6. The van der Waals surface area contributed by atoms with Crippen molar-refractivity contribution < 1.29 is 17.9 Å². The van der Waals surface area contributed by atoms with Crippen molar-refractivity contribution in [2.75, 3.05) is 0 Å². The molecule has 2 heterocycles. The Hall–Kier alpha value is -2.24. The Balaban J connectivity index is 2.16. The molecule has 0 saturated carbocycles. The lowest BCUT2D eigenvalue weighted by molar-refractivity contribution is -0.138. The lowest BCUT2D eigenvalue weighted by atomic mass is 9.73. The van der Waals surface area contributed by atoms with Crippen molar-refractivity contribution in [3.63, 3.8) is 0 Å². The molecule has 0 spiro atoms. The highest BCUT2D eigenvalue weighted by Gasteiger charge is 2.50. The molecule has 4 N–H and O–H groups in total. The Bertz CT molecular complexity index is 725. The van der Waals surface area contributed by atoms with Gasteiger partial charge in [-0.25, -0.2) is 5.43 Å². The number of nitriles is 1. The number of ether oxygens (including phenoxy) is 1. The van der Waals surface area contributed by atoms with E-state index in [1.807, 2.05) is 13.0 Å². The fourth-order valence-electron chi connectivity index (χ4n) is 3.74. The van der Waals surface area contributed by atoms with E-state index in [0.29, 0.717) is 0 Å². The van der Waals surface area contributed by atoms with Crippen LogP contribution < -0.4 is 16.6 Å². The monoisotopic (exact) mass is 352 g/mol. The summed E-state index contributed by atoms with van der Waals surface area (Å²) in [6.45, 7) is 1.99. The number of halogens is 3. The van der Waals surface area contributed by atoms with Crippen molar-refractivity contribution in [1.82, 2.24) is 10.9 Å². The number of hydrogen-bond acceptors (Lipinski definition) is 5. The number of hydrazine groups is 1. The van der Waals surface area contributed by atoms with Gasteiger partial charge < -0.3 is 10.5 Å². The van der Waals surface area contributed by atoms with Crippen LogP contribution in [0.4, 0.5) is 13.2 Å². The topological polar surface area (TPSA) is 83.1 Å². The van der Waals surface area contributed by atoms with E-state index in [1.54, 1.807) is 6.07 Å². The normalized spacial score (nSPS) is 29.1. The first-order valence-electron chi connectivity index (χ1n) is 8.12. The summed E-state index contributed by atoms with van der Waals surface area (Å²) in [6, 6.07) is 7.18. The first-order chi connectivity index (χ1) is 11.9. The molecule has 8 heteroatoms. The van der Waals surface area contributed by atoms with Crippen LogP contribution in [0.5, 0.6) is 0 Å². The molecule has 4 atom stereocenters. The summed E-state index contributed by atoms with van der Waals surface area (Å²) in [7, 11) is 0. The summed E-state index contributed by atoms with van der Waals surface area (Å²) in [4.78, 5) is 0. The number of nitrogens with one attached hydrogen (secondary N) is 2. The van der Waals surface area contributed by atoms with Crippen molar-refractivity contribution in [2.45, 2.75) is 44.1 Å². The molecule has 1 aromatic carbocycles. The third-order valence-corrected chi connectivity index (χ3v) is 4.76. The highest BCUT2D eigenvalue weighted by Crippen LogP contribution is 2.47. The molecule has 25 heavy (non-hydrogen) atoms. The third-order valence-electron chi connectivity index (χ3n) is 4.76. The van der Waals surface area contributed by atoms with Gasteiger partial charge in [0.25, 0.3) is 0 Å². The molecule has 4 unspecified atom stereocenters. The summed E-state index contributed by atoms with van der Waals surface area (Å²) in [6.07, 6.45) is -3.52. The molecule has 1 saturated heterocycles. The quantitative estimate of drug-likeness (QED) is 0.779. The fourth-order valence-corrected chi connectivity index (χ4v) is 3.74. The minimum atomic E-state index is -4.51. The Labute approximate surface area is 143 Å². The van der Waals surface area contributed by atoms with Crippen molar-refractivity contribution in [2.24, 2.45) is 11.7 Å². The van der Waals surface area contributed by atoms with Gasteiger partial charge in [0.1, 0.15) is 6.07 Å². The van der Waals surface area contributed by atoms with Crippen LogP contribution in [0.15, 0.2) is 35.7 Å². The molecular formula is C17H19F3N4O. The number of rotatable bonds is 3. The molecular weight excluding hydrogens is 333 g/mol. The Kier molecular flexibility index (Phi) is 4.62. The first-order valence-corrected chi connectivity index (χ1v) is 8.12.